The summed E-state index contributed by atoms with van der Waals surface area (Å²) in [5.74, 6) is -0.425. The standard InChI is InChI=1S/C11H25NO3Si/c1-8(9(12)10(13)14-5)15-16(6,7)11(2,3)4/h8-9H,12H2,1-7H3. The molecule has 0 aliphatic carbocycles. The van der Waals surface area contributed by atoms with Gasteiger partial charge in [-0.2, -0.15) is 0 Å². The number of hydrogen-bond donors (Lipinski definition) is 1. The number of ether oxygens (including phenoxy) is 1. The van der Waals surface area contributed by atoms with Crippen LogP contribution in [0.1, 0.15) is 27.7 Å². The van der Waals surface area contributed by atoms with Crippen molar-refractivity contribution in [2.75, 3.05) is 7.11 Å². The van der Waals surface area contributed by atoms with E-state index in [1.54, 1.807) is 0 Å². The monoisotopic (exact) mass is 247 g/mol. The number of rotatable bonds is 4. The van der Waals surface area contributed by atoms with E-state index in [4.69, 9.17) is 10.2 Å². The van der Waals surface area contributed by atoms with Gasteiger partial charge in [-0.3, -0.25) is 4.79 Å². The molecule has 5 heteroatoms. The SMILES string of the molecule is COC(=O)C(N)C(C)O[Si](C)(C)C(C)(C)C. The van der Waals surface area contributed by atoms with Crippen LogP contribution in [0.15, 0.2) is 0 Å². The molecule has 0 fully saturated rings. The first-order valence-electron chi connectivity index (χ1n) is 5.54. The van der Waals surface area contributed by atoms with Crippen LogP contribution in [-0.2, 0) is 14.0 Å². The van der Waals surface area contributed by atoms with Gasteiger partial charge >= 0.3 is 5.97 Å². The summed E-state index contributed by atoms with van der Waals surface area (Å²) in [5.41, 5.74) is 5.74. The highest BCUT2D eigenvalue weighted by atomic mass is 28.4. The summed E-state index contributed by atoms with van der Waals surface area (Å²) in [4.78, 5) is 11.3. The van der Waals surface area contributed by atoms with Crippen LogP contribution in [0.25, 0.3) is 0 Å². The lowest BCUT2D eigenvalue weighted by Crippen LogP contribution is -2.50. The molecule has 0 rings (SSSR count). The molecule has 0 saturated heterocycles. The predicted octanol–water partition coefficient (Wildman–Crippen LogP) is 1.90. The van der Waals surface area contributed by atoms with E-state index < -0.39 is 20.3 Å². The number of carbonyl (C=O) groups excluding carboxylic acids is 1. The van der Waals surface area contributed by atoms with Gasteiger partial charge in [0.1, 0.15) is 6.04 Å². The molecule has 16 heavy (non-hydrogen) atoms. The van der Waals surface area contributed by atoms with Crippen molar-refractivity contribution in [2.24, 2.45) is 5.73 Å². The summed E-state index contributed by atoms with van der Waals surface area (Å²) in [6, 6.07) is -0.709. The van der Waals surface area contributed by atoms with Gasteiger partial charge in [-0.1, -0.05) is 20.8 Å². The van der Waals surface area contributed by atoms with Gasteiger partial charge in [-0.15, -0.1) is 0 Å². The van der Waals surface area contributed by atoms with E-state index in [1.165, 1.54) is 7.11 Å². The maximum Gasteiger partial charge on any atom is 0.325 e. The lowest BCUT2D eigenvalue weighted by atomic mass is 10.2. The number of esters is 1. The number of carbonyl (C=O) groups is 1. The van der Waals surface area contributed by atoms with Crippen LogP contribution in [0.4, 0.5) is 0 Å². The summed E-state index contributed by atoms with van der Waals surface area (Å²) in [6.45, 7) is 12.5. The van der Waals surface area contributed by atoms with Gasteiger partial charge in [0, 0.05) is 0 Å². The Balaban J connectivity index is 4.56. The van der Waals surface area contributed by atoms with E-state index in [1.807, 2.05) is 6.92 Å². The first-order chi connectivity index (χ1) is 7.03. The summed E-state index contributed by atoms with van der Waals surface area (Å²) in [6.07, 6.45) is -0.312. The van der Waals surface area contributed by atoms with Gasteiger partial charge in [0.25, 0.3) is 0 Å². The van der Waals surface area contributed by atoms with Crippen LogP contribution in [0.2, 0.25) is 18.1 Å². The first-order valence-corrected chi connectivity index (χ1v) is 8.45. The van der Waals surface area contributed by atoms with Crippen molar-refractivity contribution in [1.82, 2.24) is 0 Å². The maximum absolute atomic E-state index is 11.3. The van der Waals surface area contributed by atoms with Crippen LogP contribution >= 0.6 is 0 Å². The largest absolute Gasteiger partial charge is 0.468 e. The molecule has 96 valence electrons. The molecule has 0 aromatic carbocycles. The zero-order valence-corrected chi connectivity index (χ0v) is 12.5. The van der Waals surface area contributed by atoms with Gasteiger partial charge in [0.2, 0.25) is 0 Å². The van der Waals surface area contributed by atoms with Crippen molar-refractivity contribution in [3.8, 4) is 0 Å². The van der Waals surface area contributed by atoms with Gasteiger partial charge in [-0.25, -0.2) is 0 Å². The summed E-state index contributed by atoms with van der Waals surface area (Å²) in [7, 11) is -0.543. The van der Waals surface area contributed by atoms with E-state index in [9.17, 15) is 4.79 Å². The average molecular weight is 247 g/mol. The Bertz CT molecular complexity index is 248. The first kappa shape index (κ1) is 15.6. The molecule has 4 nitrogen and oxygen atoms in total. The quantitative estimate of drug-likeness (QED) is 0.609. The van der Waals surface area contributed by atoms with Gasteiger partial charge in [0.15, 0.2) is 8.32 Å². The second-order valence-corrected chi connectivity index (χ2v) is 10.4. The normalized spacial score (nSPS) is 16.8. The number of hydrogen-bond acceptors (Lipinski definition) is 4. The van der Waals surface area contributed by atoms with Gasteiger partial charge in [0.05, 0.1) is 13.2 Å². The van der Waals surface area contributed by atoms with Crippen LogP contribution in [0.5, 0.6) is 0 Å². The highest BCUT2D eigenvalue weighted by Gasteiger charge is 2.40. The van der Waals surface area contributed by atoms with E-state index >= 15 is 0 Å². The van der Waals surface area contributed by atoms with Crippen molar-refractivity contribution < 1.29 is 14.0 Å². The van der Waals surface area contributed by atoms with Crippen molar-refractivity contribution in [3.05, 3.63) is 0 Å². The second kappa shape index (κ2) is 5.29. The van der Waals surface area contributed by atoms with Crippen LogP contribution < -0.4 is 5.73 Å². The summed E-state index contributed by atoms with van der Waals surface area (Å²) in [5, 5.41) is 0.108. The lowest BCUT2D eigenvalue weighted by Gasteiger charge is -2.39. The minimum Gasteiger partial charge on any atom is -0.468 e. The molecule has 0 spiro atoms. The van der Waals surface area contributed by atoms with E-state index in [0.717, 1.165) is 0 Å². The van der Waals surface area contributed by atoms with E-state index in [-0.39, 0.29) is 11.1 Å². The molecule has 0 saturated carbocycles. The Kier molecular flexibility index (Phi) is 5.16. The molecular weight excluding hydrogens is 222 g/mol. The zero-order valence-electron chi connectivity index (χ0n) is 11.5. The Labute approximate surface area is 99.6 Å². The van der Waals surface area contributed by atoms with Gasteiger partial charge < -0.3 is 14.9 Å². The molecule has 0 aromatic rings. The fourth-order valence-corrected chi connectivity index (χ4v) is 2.47. The molecule has 0 radical (unpaired) electrons. The van der Waals surface area contributed by atoms with E-state index in [0.29, 0.717) is 0 Å². The van der Waals surface area contributed by atoms with Crippen LogP contribution in [0.3, 0.4) is 0 Å². The third-order valence-electron chi connectivity index (χ3n) is 3.27. The fraction of sp³-hybridized carbons (Fsp3) is 0.909. The average Bonchev–Trinajstić information content (AvgIpc) is 2.12. The highest BCUT2D eigenvalue weighted by Crippen LogP contribution is 2.37. The second-order valence-electron chi connectivity index (χ2n) is 5.63. The summed E-state index contributed by atoms with van der Waals surface area (Å²) < 4.78 is 10.6. The Morgan fingerprint density at radius 3 is 2.06 bits per heavy atom. The van der Waals surface area contributed by atoms with Crippen LogP contribution in [-0.4, -0.2) is 33.5 Å². The molecule has 0 bridgehead atoms. The highest BCUT2D eigenvalue weighted by molar-refractivity contribution is 6.74. The van der Waals surface area contributed by atoms with Crippen molar-refractivity contribution in [3.63, 3.8) is 0 Å². The maximum atomic E-state index is 11.3. The third-order valence-corrected chi connectivity index (χ3v) is 7.84. The van der Waals surface area contributed by atoms with Gasteiger partial charge in [-0.05, 0) is 25.1 Å². The number of methoxy groups -OCH3 is 1. The number of nitrogens with two attached hydrogens (primary N) is 1. The van der Waals surface area contributed by atoms with Crippen molar-refractivity contribution >= 4 is 14.3 Å². The smallest absolute Gasteiger partial charge is 0.325 e. The zero-order chi connectivity index (χ0) is 13.1. The molecular formula is C11H25NO3Si. The molecule has 0 amide bonds. The molecule has 2 atom stereocenters. The van der Waals surface area contributed by atoms with Crippen molar-refractivity contribution in [1.29, 1.82) is 0 Å². The Morgan fingerprint density at radius 2 is 1.75 bits per heavy atom. The predicted molar refractivity (Wildman–Crippen MR) is 67.7 cm³/mol. The fourth-order valence-electron chi connectivity index (χ4n) is 1.04. The molecule has 0 aliphatic heterocycles. The molecule has 2 unspecified atom stereocenters. The minimum atomic E-state index is -1.88. The lowest BCUT2D eigenvalue weighted by molar-refractivity contribution is -0.144. The topological polar surface area (TPSA) is 61.5 Å². The minimum absolute atomic E-state index is 0.108. The van der Waals surface area contributed by atoms with E-state index in [2.05, 4.69) is 38.6 Å². The summed E-state index contributed by atoms with van der Waals surface area (Å²) >= 11 is 0. The Morgan fingerprint density at radius 1 is 1.31 bits per heavy atom. The van der Waals surface area contributed by atoms with Crippen LogP contribution in [0, 0.1) is 0 Å². The molecule has 2 N–H and O–H groups in total. The van der Waals surface area contributed by atoms with Crippen molar-refractivity contribution in [2.45, 2.75) is 58.0 Å². The third kappa shape index (κ3) is 3.88. The Hall–Kier alpha value is -0.393. The molecule has 0 aliphatic rings. The molecule has 0 aromatic heterocycles. The molecule has 0 heterocycles.